The van der Waals surface area contributed by atoms with Crippen LogP contribution in [0.15, 0.2) is 35.5 Å². The summed E-state index contributed by atoms with van der Waals surface area (Å²) in [5.41, 5.74) is 7.38. The second-order valence-corrected chi connectivity index (χ2v) is 3.88. The molecule has 0 radical (unpaired) electrons. The van der Waals surface area contributed by atoms with Crippen LogP contribution in [0.5, 0.6) is 5.75 Å². The zero-order valence-corrected chi connectivity index (χ0v) is 10.9. The van der Waals surface area contributed by atoms with Gasteiger partial charge in [0.2, 0.25) is 0 Å². The van der Waals surface area contributed by atoms with E-state index in [1.54, 1.807) is 20.4 Å². The maximum Gasteiger partial charge on any atom is 0.193 e. The maximum absolute atomic E-state index is 5.79. The molecule has 7 heteroatoms. The Morgan fingerprint density at radius 1 is 1.53 bits per heavy atom. The fourth-order valence-electron chi connectivity index (χ4n) is 1.51. The van der Waals surface area contributed by atoms with Crippen LogP contribution in [0.25, 0.3) is 0 Å². The van der Waals surface area contributed by atoms with Crippen molar-refractivity contribution >= 4 is 11.6 Å². The van der Waals surface area contributed by atoms with Gasteiger partial charge in [0.1, 0.15) is 11.4 Å². The van der Waals surface area contributed by atoms with E-state index < -0.39 is 0 Å². The first-order chi connectivity index (χ1) is 9.17. The van der Waals surface area contributed by atoms with E-state index in [2.05, 4.69) is 20.5 Å². The number of hydrogen-bond donors (Lipinski definition) is 2. The highest BCUT2D eigenvalue weighted by molar-refractivity contribution is 5.92. The molecule has 2 aromatic rings. The lowest BCUT2D eigenvalue weighted by Crippen LogP contribution is -2.22. The van der Waals surface area contributed by atoms with Gasteiger partial charge in [-0.2, -0.15) is 15.0 Å². The topological polar surface area (TPSA) is 90.4 Å². The SMILES string of the molecule is COc1cccc(NC(N)=NCc2cnn(C)n2)c1. The zero-order chi connectivity index (χ0) is 13.7. The van der Waals surface area contributed by atoms with Crippen LogP contribution < -0.4 is 15.8 Å². The van der Waals surface area contributed by atoms with Crippen molar-refractivity contribution in [3.63, 3.8) is 0 Å². The number of benzene rings is 1. The predicted molar refractivity (Wildman–Crippen MR) is 72.9 cm³/mol. The van der Waals surface area contributed by atoms with Gasteiger partial charge in [0, 0.05) is 18.8 Å². The molecule has 0 spiro atoms. The molecule has 0 unspecified atom stereocenters. The fourth-order valence-corrected chi connectivity index (χ4v) is 1.51. The minimum atomic E-state index is 0.318. The summed E-state index contributed by atoms with van der Waals surface area (Å²) in [6.07, 6.45) is 1.66. The third-order valence-corrected chi connectivity index (χ3v) is 2.40. The van der Waals surface area contributed by atoms with Gasteiger partial charge in [0.05, 0.1) is 19.9 Å². The number of hydrogen-bond acceptors (Lipinski definition) is 4. The van der Waals surface area contributed by atoms with Gasteiger partial charge in [-0.25, -0.2) is 4.99 Å². The second kappa shape index (κ2) is 5.85. The number of nitrogens with two attached hydrogens (primary N) is 1. The van der Waals surface area contributed by atoms with Gasteiger partial charge in [-0.1, -0.05) is 6.07 Å². The number of rotatable bonds is 4. The third kappa shape index (κ3) is 3.70. The zero-order valence-electron chi connectivity index (χ0n) is 10.9. The Hall–Kier alpha value is -2.57. The first kappa shape index (κ1) is 12.9. The van der Waals surface area contributed by atoms with Crippen molar-refractivity contribution < 1.29 is 4.74 Å². The van der Waals surface area contributed by atoms with E-state index in [0.717, 1.165) is 17.1 Å². The van der Waals surface area contributed by atoms with Crippen LogP contribution in [-0.4, -0.2) is 28.1 Å². The summed E-state index contributed by atoms with van der Waals surface area (Å²) in [6, 6.07) is 7.45. The van der Waals surface area contributed by atoms with E-state index in [4.69, 9.17) is 10.5 Å². The number of nitrogens with one attached hydrogen (secondary N) is 1. The van der Waals surface area contributed by atoms with E-state index in [9.17, 15) is 0 Å². The van der Waals surface area contributed by atoms with Crippen LogP contribution in [0.4, 0.5) is 5.69 Å². The first-order valence-electron chi connectivity index (χ1n) is 5.73. The summed E-state index contributed by atoms with van der Waals surface area (Å²) < 4.78 is 5.13. The van der Waals surface area contributed by atoms with Gasteiger partial charge in [-0.3, -0.25) is 0 Å². The van der Waals surface area contributed by atoms with E-state index in [-0.39, 0.29) is 0 Å². The molecule has 19 heavy (non-hydrogen) atoms. The second-order valence-electron chi connectivity index (χ2n) is 3.88. The predicted octanol–water partition coefficient (Wildman–Crippen LogP) is 0.750. The largest absolute Gasteiger partial charge is 0.497 e. The number of nitrogens with zero attached hydrogens (tertiary/aromatic N) is 4. The van der Waals surface area contributed by atoms with Crippen LogP contribution in [0.2, 0.25) is 0 Å². The van der Waals surface area contributed by atoms with E-state index in [1.165, 1.54) is 4.80 Å². The minimum absolute atomic E-state index is 0.318. The van der Waals surface area contributed by atoms with Gasteiger partial charge in [0.25, 0.3) is 0 Å². The summed E-state index contributed by atoms with van der Waals surface area (Å²) in [6.45, 7) is 0.386. The van der Waals surface area contributed by atoms with Crippen molar-refractivity contribution in [2.24, 2.45) is 17.8 Å². The van der Waals surface area contributed by atoms with Gasteiger partial charge < -0.3 is 15.8 Å². The molecular weight excluding hydrogens is 244 g/mol. The number of guanidine groups is 1. The summed E-state index contributed by atoms with van der Waals surface area (Å²) in [4.78, 5) is 5.67. The average molecular weight is 260 g/mol. The normalized spacial score (nSPS) is 11.4. The number of methoxy groups -OCH3 is 1. The highest BCUT2D eigenvalue weighted by Crippen LogP contribution is 2.16. The highest BCUT2D eigenvalue weighted by Gasteiger charge is 1.99. The lowest BCUT2D eigenvalue weighted by Gasteiger charge is -2.06. The van der Waals surface area contributed by atoms with Crippen molar-refractivity contribution in [1.82, 2.24) is 15.0 Å². The number of aryl methyl sites for hydroxylation is 1. The molecular formula is C12H16N6O. The van der Waals surface area contributed by atoms with Gasteiger partial charge in [-0.15, -0.1) is 0 Å². The molecule has 0 aliphatic carbocycles. The monoisotopic (exact) mass is 260 g/mol. The molecule has 0 saturated carbocycles. The molecule has 1 aromatic heterocycles. The summed E-state index contributed by atoms with van der Waals surface area (Å²) in [5.74, 6) is 1.07. The molecule has 0 aliphatic rings. The lowest BCUT2D eigenvalue weighted by molar-refractivity contribution is 0.415. The van der Waals surface area contributed by atoms with E-state index >= 15 is 0 Å². The fraction of sp³-hybridized carbons (Fsp3) is 0.250. The molecule has 1 heterocycles. The van der Waals surface area contributed by atoms with Crippen molar-refractivity contribution in [1.29, 1.82) is 0 Å². The smallest absolute Gasteiger partial charge is 0.193 e. The van der Waals surface area contributed by atoms with Gasteiger partial charge in [-0.05, 0) is 12.1 Å². The third-order valence-electron chi connectivity index (χ3n) is 2.40. The summed E-state index contributed by atoms with van der Waals surface area (Å²) >= 11 is 0. The molecule has 0 amide bonds. The van der Waals surface area contributed by atoms with E-state index in [1.807, 2.05) is 24.3 Å². The molecule has 0 aliphatic heterocycles. The Bertz CT molecular complexity index is 577. The molecule has 0 bridgehead atoms. The van der Waals surface area contributed by atoms with Crippen molar-refractivity contribution in [3.8, 4) is 5.75 Å². The average Bonchev–Trinajstić information content (AvgIpc) is 2.82. The molecule has 1 aromatic carbocycles. The summed E-state index contributed by atoms with van der Waals surface area (Å²) in [7, 11) is 3.37. The number of ether oxygens (including phenoxy) is 1. The molecule has 0 atom stereocenters. The van der Waals surface area contributed by atoms with E-state index in [0.29, 0.717) is 12.5 Å². The molecule has 0 fully saturated rings. The van der Waals surface area contributed by atoms with Crippen LogP contribution >= 0.6 is 0 Å². The number of aromatic nitrogens is 3. The number of aliphatic imine (C=N–C) groups is 1. The Morgan fingerprint density at radius 3 is 3.05 bits per heavy atom. The van der Waals surface area contributed by atoms with Crippen LogP contribution in [0.3, 0.4) is 0 Å². The lowest BCUT2D eigenvalue weighted by atomic mass is 10.3. The van der Waals surface area contributed by atoms with Crippen LogP contribution in [-0.2, 0) is 13.6 Å². The molecule has 100 valence electrons. The number of anilines is 1. The highest BCUT2D eigenvalue weighted by atomic mass is 16.5. The van der Waals surface area contributed by atoms with Crippen LogP contribution in [0, 0.1) is 0 Å². The van der Waals surface area contributed by atoms with Gasteiger partial charge >= 0.3 is 0 Å². The summed E-state index contributed by atoms with van der Waals surface area (Å²) in [5, 5.41) is 11.1. The molecule has 0 saturated heterocycles. The van der Waals surface area contributed by atoms with Crippen LogP contribution in [0.1, 0.15) is 5.69 Å². The Kier molecular flexibility index (Phi) is 3.97. The van der Waals surface area contributed by atoms with Crippen molar-refractivity contribution in [3.05, 3.63) is 36.2 Å². The Balaban J connectivity index is 1.97. The molecule has 2 rings (SSSR count). The first-order valence-corrected chi connectivity index (χ1v) is 5.73. The Morgan fingerprint density at radius 2 is 2.37 bits per heavy atom. The van der Waals surface area contributed by atoms with Crippen molar-refractivity contribution in [2.75, 3.05) is 12.4 Å². The van der Waals surface area contributed by atoms with Gasteiger partial charge in [0.15, 0.2) is 5.96 Å². The Labute approximate surface area is 111 Å². The minimum Gasteiger partial charge on any atom is -0.497 e. The molecule has 3 N–H and O–H groups in total. The molecule has 7 nitrogen and oxygen atoms in total. The van der Waals surface area contributed by atoms with Crippen molar-refractivity contribution in [2.45, 2.75) is 6.54 Å². The standard InChI is InChI=1S/C12H16N6O/c1-18-15-8-10(17-18)7-14-12(13)16-9-4-3-5-11(6-9)19-2/h3-6,8H,7H2,1-2H3,(H3,13,14,16). The maximum atomic E-state index is 5.79. The quantitative estimate of drug-likeness (QED) is 0.625.